The van der Waals surface area contributed by atoms with Gasteiger partial charge in [0.1, 0.15) is 5.75 Å². The highest BCUT2D eigenvalue weighted by atomic mass is 79.9. The smallest absolute Gasteiger partial charge is 0.264 e. The minimum atomic E-state index is -0.414. The minimum Gasteiger partial charge on any atom is -0.479 e. The quantitative estimate of drug-likeness (QED) is 0.844. The summed E-state index contributed by atoms with van der Waals surface area (Å²) in [7, 11) is 0. The molecule has 1 atom stereocenters. The highest BCUT2D eigenvalue weighted by Crippen LogP contribution is 2.38. The first-order valence-corrected chi connectivity index (χ1v) is 7.46. The van der Waals surface area contributed by atoms with Gasteiger partial charge in [0.05, 0.1) is 4.47 Å². The van der Waals surface area contributed by atoms with Crippen molar-refractivity contribution in [2.75, 3.05) is 26.2 Å². The Bertz CT molecular complexity index is 518. The second-order valence-corrected chi connectivity index (χ2v) is 6.05. The van der Waals surface area contributed by atoms with E-state index in [1.165, 1.54) is 0 Å². The number of rotatable bonds is 1. The van der Waals surface area contributed by atoms with Crippen LogP contribution in [0.2, 0.25) is 5.02 Å². The van der Waals surface area contributed by atoms with Gasteiger partial charge in [-0.05, 0) is 28.1 Å². The molecule has 1 unspecified atom stereocenters. The van der Waals surface area contributed by atoms with Crippen molar-refractivity contribution in [3.05, 3.63) is 27.2 Å². The number of amides is 1. The van der Waals surface area contributed by atoms with E-state index < -0.39 is 6.10 Å². The Hall–Kier alpha value is -0.780. The molecule has 1 fully saturated rings. The summed E-state index contributed by atoms with van der Waals surface area (Å²) >= 11 is 9.44. The maximum absolute atomic E-state index is 12.4. The van der Waals surface area contributed by atoms with Gasteiger partial charge in [0.2, 0.25) is 0 Å². The third-order valence-electron chi connectivity index (χ3n) is 3.45. The van der Waals surface area contributed by atoms with Gasteiger partial charge in [0.25, 0.3) is 5.91 Å². The predicted molar refractivity (Wildman–Crippen MR) is 76.7 cm³/mol. The van der Waals surface area contributed by atoms with Crippen LogP contribution < -0.4 is 10.1 Å². The zero-order valence-electron chi connectivity index (χ0n) is 10.3. The van der Waals surface area contributed by atoms with E-state index in [1.807, 2.05) is 11.0 Å². The molecule has 6 heteroatoms. The number of benzene rings is 1. The van der Waals surface area contributed by atoms with Crippen LogP contribution in [0.3, 0.4) is 0 Å². The lowest BCUT2D eigenvalue weighted by Gasteiger charge is -2.29. The van der Waals surface area contributed by atoms with Crippen molar-refractivity contribution in [3.63, 3.8) is 0 Å². The zero-order chi connectivity index (χ0) is 13.4. The Morgan fingerprint density at radius 3 is 2.89 bits per heavy atom. The summed E-state index contributed by atoms with van der Waals surface area (Å²) in [6.45, 7) is 3.19. The minimum absolute atomic E-state index is 0.0701. The van der Waals surface area contributed by atoms with E-state index in [2.05, 4.69) is 21.2 Å². The van der Waals surface area contributed by atoms with Gasteiger partial charge in [-0.15, -0.1) is 0 Å². The van der Waals surface area contributed by atoms with E-state index >= 15 is 0 Å². The number of hydrogen-bond acceptors (Lipinski definition) is 3. The first kappa shape index (κ1) is 13.2. The number of nitrogens with zero attached hydrogens (tertiary/aromatic N) is 1. The number of fused-ring (bicyclic) bond motifs is 1. The first-order valence-electron chi connectivity index (χ1n) is 6.29. The molecule has 1 amide bonds. The molecule has 1 saturated heterocycles. The van der Waals surface area contributed by atoms with Gasteiger partial charge in [0.15, 0.2) is 6.10 Å². The van der Waals surface area contributed by atoms with Crippen LogP contribution in [0, 0.1) is 0 Å². The Kier molecular flexibility index (Phi) is 3.69. The highest BCUT2D eigenvalue weighted by molar-refractivity contribution is 9.10. The number of carbonyl (C=O) groups excluding carboxylic acids is 1. The van der Waals surface area contributed by atoms with Crippen molar-refractivity contribution >= 4 is 33.4 Å². The lowest BCUT2D eigenvalue weighted by Crippen LogP contribution is -2.50. The van der Waals surface area contributed by atoms with Crippen LogP contribution in [0.4, 0.5) is 0 Å². The fourth-order valence-corrected chi connectivity index (χ4v) is 3.47. The van der Waals surface area contributed by atoms with Crippen LogP contribution in [-0.2, 0) is 11.2 Å². The van der Waals surface area contributed by atoms with Crippen molar-refractivity contribution in [1.29, 1.82) is 0 Å². The summed E-state index contributed by atoms with van der Waals surface area (Å²) in [5.41, 5.74) is 0.993. The molecule has 0 aliphatic carbocycles. The molecule has 1 aromatic rings. The molecule has 102 valence electrons. The Morgan fingerprint density at radius 2 is 2.16 bits per heavy atom. The molecule has 0 spiro atoms. The molecule has 0 radical (unpaired) electrons. The Labute approximate surface area is 125 Å². The molecular formula is C13H14BrClN2O2. The monoisotopic (exact) mass is 344 g/mol. The number of piperazine rings is 1. The number of nitrogens with one attached hydrogen (secondary N) is 1. The van der Waals surface area contributed by atoms with Crippen LogP contribution in [0.15, 0.2) is 16.6 Å². The fraction of sp³-hybridized carbons (Fsp3) is 0.462. The molecule has 3 rings (SSSR count). The molecular weight excluding hydrogens is 332 g/mol. The molecule has 19 heavy (non-hydrogen) atoms. The molecule has 0 bridgehead atoms. The molecule has 1 N–H and O–H groups in total. The number of halogens is 2. The normalized spacial score (nSPS) is 22.0. The third-order valence-corrected chi connectivity index (χ3v) is 4.26. The summed E-state index contributed by atoms with van der Waals surface area (Å²) in [5, 5.41) is 3.89. The summed E-state index contributed by atoms with van der Waals surface area (Å²) in [5.74, 6) is 0.818. The topological polar surface area (TPSA) is 41.6 Å². The Balaban J connectivity index is 1.76. The van der Waals surface area contributed by atoms with Gasteiger partial charge in [-0.1, -0.05) is 11.6 Å². The van der Waals surface area contributed by atoms with Crippen molar-refractivity contribution in [2.45, 2.75) is 12.5 Å². The maximum Gasteiger partial charge on any atom is 0.264 e. The molecule has 0 saturated carbocycles. The van der Waals surface area contributed by atoms with Crippen molar-refractivity contribution in [1.82, 2.24) is 10.2 Å². The Morgan fingerprint density at radius 1 is 1.42 bits per heavy atom. The summed E-state index contributed by atoms with van der Waals surface area (Å²) < 4.78 is 6.60. The standard InChI is InChI=1S/C13H14BrClN2O2/c14-10-7-9(15)5-8-6-11(19-12(8)10)13(18)17-3-1-16-2-4-17/h5,7,11,16H,1-4,6H2. The van der Waals surface area contributed by atoms with Crippen molar-refractivity contribution in [2.24, 2.45) is 0 Å². The number of hydrogen-bond donors (Lipinski definition) is 1. The van der Waals surface area contributed by atoms with Crippen LogP contribution in [0.5, 0.6) is 5.75 Å². The van der Waals surface area contributed by atoms with Crippen LogP contribution in [0.25, 0.3) is 0 Å². The average Bonchev–Trinajstić information content (AvgIpc) is 2.83. The fourth-order valence-electron chi connectivity index (χ4n) is 2.51. The molecule has 2 aliphatic rings. The van der Waals surface area contributed by atoms with E-state index in [-0.39, 0.29) is 5.91 Å². The lowest BCUT2D eigenvalue weighted by atomic mass is 10.1. The molecule has 0 aromatic heterocycles. The van der Waals surface area contributed by atoms with Gasteiger partial charge in [-0.3, -0.25) is 4.79 Å². The first-order chi connectivity index (χ1) is 9.15. The highest BCUT2D eigenvalue weighted by Gasteiger charge is 2.34. The average molecular weight is 346 g/mol. The molecule has 2 aliphatic heterocycles. The summed E-state index contributed by atoms with van der Waals surface area (Å²) in [6, 6.07) is 3.66. The second kappa shape index (κ2) is 5.31. The van der Waals surface area contributed by atoms with E-state index in [0.717, 1.165) is 42.0 Å². The predicted octanol–water partition coefficient (Wildman–Crippen LogP) is 1.84. The van der Waals surface area contributed by atoms with Crippen molar-refractivity contribution in [3.8, 4) is 5.75 Å². The van der Waals surface area contributed by atoms with E-state index in [4.69, 9.17) is 16.3 Å². The third kappa shape index (κ3) is 2.59. The van der Waals surface area contributed by atoms with Gasteiger partial charge in [-0.2, -0.15) is 0 Å². The van der Waals surface area contributed by atoms with Gasteiger partial charge >= 0.3 is 0 Å². The zero-order valence-corrected chi connectivity index (χ0v) is 12.6. The van der Waals surface area contributed by atoms with E-state index in [0.29, 0.717) is 11.4 Å². The van der Waals surface area contributed by atoms with Gasteiger partial charge in [0, 0.05) is 43.2 Å². The lowest BCUT2D eigenvalue weighted by molar-refractivity contribution is -0.138. The molecule has 1 aromatic carbocycles. The largest absolute Gasteiger partial charge is 0.479 e. The van der Waals surface area contributed by atoms with E-state index in [1.54, 1.807) is 6.07 Å². The number of ether oxygens (including phenoxy) is 1. The number of carbonyl (C=O) groups is 1. The van der Waals surface area contributed by atoms with Crippen molar-refractivity contribution < 1.29 is 9.53 Å². The van der Waals surface area contributed by atoms with Crippen LogP contribution in [-0.4, -0.2) is 43.1 Å². The van der Waals surface area contributed by atoms with Crippen LogP contribution >= 0.6 is 27.5 Å². The second-order valence-electron chi connectivity index (χ2n) is 4.76. The summed E-state index contributed by atoms with van der Waals surface area (Å²) in [4.78, 5) is 14.3. The van der Waals surface area contributed by atoms with Gasteiger partial charge in [-0.25, -0.2) is 0 Å². The SMILES string of the molecule is O=C(C1Cc2cc(Cl)cc(Br)c2O1)N1CCNCC1. The van der Waals surface area contributed by atoms with Gasteiger partial charge < -0.3 is 15.0 Å². The van der Waals surface area contributed by atoms with E-state index in [9.17, 15) is 4.79 Å². The maximum atomic E-state index is 12.4. The molecule has 4 nitrogen and oxygen atoms in total. The molecule has 2 heterocycles. The van der Waals surface area contributed by atoms with Crippen LogP contribution in [0.1, 0.15) is 5.56 Å². The summed E-state index contributed by atoms with van der Waals surface area (Å²) in [6.07, 6.45) is 0.180.